The summed E-state index contributed by atoms with van der Waals surface area (Å²) >= 11 is 1.38. The van der Waals surface area contributed by atoms with Gasteiger partial charge in [-0.25, -0.2) is 0 Å². The zero-order valence-corrected chi connectivity index (χ0v) is 15.8. The van der Waals surface area contributed by atoms with Gasteiger partial charge in [0.25, 0.3) is 0 Å². The molecule has 0 spiro atoms. The van der Waals surface area contributed by atoms with E-state index in [0.29, 0.717) is 0 Å². The van der Waals surface area contributed by atoms with E-state index in [1.165, 1.54) is 32.5 Å². The SMILES string of the molecule is CC(=O)O[C@@H]1[C@H](OC(C)=O)[C@@H]2O[C@H](O[C@@H]2Sc2ccccc2)[C@H]1OC(C)=O. The van der Waals surface area contributed by atoms with Crippen molar-refractivity contribution < 1.29 is 38.1 Å². The molecule has 0 unspecified atom stereocenters. The van der Waals surface area contributed by atoms with E-state index in [1.54, 1.807) is 0 Å². The Morgan fingerprint density at radius 3 is 1.96 bits per heavy atom. The number of hydrogen-bond donors (Lipinski definition) is 0. The lowest BCUT2D eigenvalue weighted by atomic mass is 10.00. The van der Waals surface area contributed by atoms with Crippen molar-refractivity contribution in [3.63, 3.8) is 0 Å². The van der Waals surface area contributed by atoms with Gasteiger partial charge in [0.2, 0.25) is 6.29 Å². The lowest BCUT2D eigenvalue weighted by Gasteiger charge is -2.38. The zero-order chi connectivity index (χ0) is 19.6. The number of ether oxygens (including phenoxy) is 5. The fourth-order valence-corrected chi connectivity index (χ4v) is 4.17. The molecule has 0 aliphatic carbocycles. The molecule has 2 fully saturated rings. The average Bonchev–Trinajstić information content (AvgIpc) is 2.95. The Hall–Kier alpha value is -2.10. The molecule has 0 N–H and O–H groups in total. The number of carbonyl (C=O) groups excluding carboxylic acids is 3. The third-order valence-electron chi connectivity index (χ3n) is 3.97. The van der Waals surface area contributed by atoms with Gasteiger partial charge in [-0.05, 0) is 12.1 Å². The largest absolute Gasteiger partial charge is 0.455 e. The molecule has 6 atom stereocenters. The molecular formula is C18H20O8S. The zero-order valence-electron chi connectivity index (χ0n) is 15.0. The molecule has 3 rings (SSSR count). The molecule has 1 aromatic carbocycles. The highest BCUT2D eigenvalue weighted by atomic mass is 32.2. The topological polar surface area (TPSA) is 97.4 Å². The van der Waals surface area contributed by atoms with E-state index in [-0.39, 0.29) is 0 Å². The fraction of sp³-hybridized carbons (Fsp3) is 0.500. The first-order valence-electron chi connectivity index (χ1n) is 8.39. The van der Waals surface area contributed by atoms with Crippen LogP contribution in [0.2, 0.25) is 0 Å². The molecular weight excluding hydrogens is 376 g/mol. The Labute approximate surface area is 160 Å². The average molecular weight is 396 g/mol. The van der Waals surface area contributed by atoms with Crippen molar-refractivity contribution in [2.45, 2.75) is 61.8 Å². The van der Waals surface area contributed by atoms with Crippen LogP contribution in [0.15, 0.2) is 35.2 Å². The van der Waals surface area contributed by atoms with Crippen LogP contribution in [0.3, 0.4) is 0 Å². The number of hydrogen-bond acceptors (Lipinski definition) is 9. The third-order valence-corrected chi connectivity index (χ3v) is 5.12. The molecule has 146 valence electrons. The summed E-state index contributed by atoms with van der Waals surface area (Å²) in [6.45, 7) is 3.69. The van der Waals surface area contributed by atoms with Crippen molar-refractivity contribution in [2.75, 3.05) is 0 Å². The summed E-state index contributed by atoms with van der Waals surface area (Å²) in [5.41, 5.74) is -0.541. The number of benzene rings is 1. The Kier molecular flexibility index (Phi) is 6.03. The van der Waals surface area contributed by atoms with E-state index in [9.17, 15) is 14.4 Å². The maximum absolute atomic E-state index is 11.6. The van der Waals surface area contributed by atoms with Gasteiger partial charge in [-0.2, -0.15) is 0 Å². The highest BCUT2D eigenvalue weighted by molar-refractivity contribution is 7.99. The van der Waals surface area contributed by atoms with Gasteiger partial charge in [0.05, 0.1) is 0 Å². The molecule has 0 aromatic heterocycles. The van der Waals surface area contributed by atoms with Crippen LogP contribution >= 0.6 is 11.8 Å². The summed E-state index contributed by atoms with van der Waals surface area (Å²) in [4.78, 5) is 35.7. The Morgan fingerprint density at radius 2 is 1.37 bits per heavy atom. The lowest BCUT2D eigenvalue weighted by Crippen LogP contribution is -2.58. The van der Waals surface area contributed by atoms with E-state index in [1.807, 2.05) is 30.3 Å². The molecule has 2 aliphatic rings. The number of fused-ring (bicyclic) bond motifs is 2. The van der Waals surface area contributed by atoms with Crippen LogP contribution in [0.4, 0.5) is 0 Å². The molecule has 1 aromatic rings. The van der Waals surface area contributed by atoms with Crippen molar-refractivity contribution in [1.82, 2.24) is 0 Å². The second kappa shape index (κ2) is 8.28. The van der Waals surface area contributed by atoms with Gasteiger partial charge >= 0.3 is 17.9 Å². The fourth-order valence-electron chi connectivity index (χ4n) is 3.07. The Morgan fingerprint density at radius 1 is 0.815 bits per heavy atom. The van der Waals surface area contributed by atoms with E-state index in [0.717, 1.165) is 4.90 Å². The van der Waals surface area contributed by atoms with Gasteiger partial charge in [-0.3, -0.25) is 14.4 Å². The van der Waals surface area contributed by atoms with Crippen LogP contribution in [-0.2, 0) is 38.1 Å². The van der Waals surface area contributed by atoms with E-state index < -0.39 is 54.0 Å². The summed E-state index contributed by atoms with van der Waals surface area (Å²) in [5, 5.41) is 0. The number of esters is 3. The van der Waals surface area contributed by atoms with Gasteiger partial charge in [0, 0.05) is 25.7 Å². The quantitative estimate of drug-likeness (QED) is 0.543. The van der Waals surface area contributed by atoms with Gasteiger partial charge in [0.1, 0.15) is 11.5 Å². The molecule has 27 heavy (non-hydrogen) atoms. The summed E-state index contributed by atoms with van der Waals surface area (Å²) in [5.74, 6) is -1.76. The van der Waals surface area contributed by atoms with Crippen molar-refractivity contribution in [1.29, 1.82) is 0 Å². The highest BCUT2D eigenvalue weighted by Crippen LogP contribution is 2.43. The maximum Gasteiger partial charge on any atom is 0.303 e. The van der Waals surface area contributed by atoms with E-state index in [4.69, 9.17) is 23.7 Å². The second-order valence-electron chi connectivity index (χ2n) is 6.13. The highest BCUT2D eigenvalue weighted by Gasteiger charge is 2.60. The third kappa shape index (κ3) is 4.60. The second-order valence-corrected chi connectivity index (χ2v) is 7.30. The lowest BCUT2D eigenvalue weighted by molar-refractivity contribution is -0.250. The Balaban J connectivity index is 1.90. The van der Waals surface area contributed by atoms with Crippen molar-refractivity contribution in [3.8, 4) is 0 Å². The predicted molar refractivity (Wildman–Crippen MR) is 92.5 cm³/mol. The van der Waals surface area contributed by atoms with Crippen molar-refractivity contribution in [3.05, 3.63) is 30.3 Å². The molecule has 2 heterocycles. The number of thioether (sulfide) groups is 1. The number of carbonyl (C=O) groups is 3. The van der Waals surface area contributed by atoms with Crippen LogP contribution in [0, 0.1) is 0 Å². The molecule has 2 aliphatic heterocycles. The standard InChI is InChI=1S/C18H20O8S/c1-9(19)22-13-14(23-10(2)20)16-18(27-12-7-5-4-6-8-12)26-17(25-16)15(13)24-11(3)21/h4-8,13-18H,1-3H3/t13-,14+,15+,16+,17-,18-/m1/s1. The molecule has 9 heteroatoms. The van der Waals surface area contributed by atoms with Crippen LogP contribution in [0.25, 0.3) is 0 Å². The predicted octanol–water partition coefficient (Wildman–Crippen LogP) is 1.65. The van der Waals surface area contributed by atoms with Crippen molar-refractivity contribution >= 4 is 29.7 Å². The summed E-state index contributed by atoms with van der Waals surface area (Å²) in [6.07, 6.45) is -4.68. The first-order valence-corrected chi connectivity index (χ1v) is 9.27. The maximum atomic E-state index is 11.6. The molecule has 2 saturated heterocycles. The summed E-state index contributed by atoms with van der Waals surface area (Å²) in [7, 11) is 0. The minimum absolute atomic E-state index is 0.541. The number of rotatable bonds is 5. The van der Waals surface area contributed by atoms with Gasteiger partial charge in [0.15, 0.2) is 18.3 Å². The first-order chi connectivity index (χ1) is 12.8. The minimum Gasteiger partial charge on any atom is -0.455 e. The summed E-state index contributed by atoms with van der Waals surface area (Å²) in [6, 6.07) is 9.48. The van der Waals surface area contributed by atoms with Crippen LogP contribution in [0.1, 0.15) is 20.8 Å². The molecule has 8 nitrogen and oxygen atoms in total. The first kappa shape index (κ1) is 19.7. The van der Waals surface area contributed by atoms with Crippen LogP contribution in [-0.4, -0.2) is 54.0 Å². The van der Waals surface area contributed by atoms with E-state index in [2.05, 4.69) is 0 Å². The van der Waals surface area contributed by atoms with E-state index >= 15 is 0 Å². The normalized spacial score (nSPS) is 31.8. The van der Waals surface area contributed by atoms with Crippen LogP contribution in [0.5, 0.6) is 0 Å². The Bertz CT molecular complexity index is 709. The van der Waals surface area contributed by atoms with Gasteiger partial charge in [-0.1, -0.05) is 30.0 Å². The van der Waals surface area contributed by atoms with Crippen LogP contribution < -0.4 is 0 Å². The summed E-state index contributed by atoms with van der Waals surface area (Å²) < 4.78 is 27.7. The monoisotopic (exact) mass is 396 g/mol. The van der Waals surface area contributed by atoms with Crippen molar-refractivity contribution in [2.24, 2.45) is 0 Å². The van der Waals surface area contributed by atoms with Gasteiger partial charge in [-0.15, -0.1) is 0 Å². The molecule has 0 saturated carbocycles. The smallest absolute Gasteiger partial charge is 0.303 e. The van der Waals surface area contributed by atoms with Gasteiger partial charge < -0.3 is 23.7 Å². The molecule has 2 bridgehead atoms. The minimum atomic E-state index is -1.05. The molecule has 0 radical (unpaired) electrons. The molecule has 0 amide bonds.